The number of aryl methyl sites for hydroxylation is 1. The van der Waals surface area contributed by atoms with Crippen LogP contribution in [0.5, 0.6) is 5.75 Å². The zero-order valence-corrected chi connectivity index (χ0v) is 19.1. The maximum atomic E-state index is 12.8. The van der Waals surface area contributed by atoms with Gasteiger partial charge in [-0.2, -0.15) is 0 Å². The summed E-state index contributed by atoms with van der Waals surface area (Å²) in [5.74, 6) is 1.18. The average Bonchev–Trinajstić information content (AvgIpc) is 2.91. The van der Waals surface area contributed by atoms with Crippen LogP contribution in [0.2, 0.25) is 0 Å². The summed E-state index contributed by atoms with van der Waals surface area (Å²) in [6.45, 7) is 2.53. The molecule has 0 fully saturated rings. The van der Waals surface area contributed by atoms with E-state index in [1.165, 1.54) is 22.7 Å². The summed E-state index contributed by atoms with van der Waals surface area (Å²) in [6, 6.07) is 17.3. The van der Waals surface area contributed by atoms with Crippen LogP contribution < -0.4 is 10.3 Å². The van der Waals surface area contributed by atoms with Crippen molar-refractivity contribution in [3.05, 3.63) is 88.0 Å². The first-order chi connectivity index (χ1) is 15.1. The Hall–Kier alpha value is -3.09. The number of aromatic nitrogens is 3. The standard InChI is InChI=1S/C25H26N4O2.ClH/c1-27-13-11-20-21-8-9-23(26-25(21)28(2)22(20)12-14-27)29-15-10-19(16-24(29)30)31-17-18-6-4-3-5-7-18;/h3-10,15-16H,11-14,17H2,1-2H3;1H. The minimum absolute atomic E-state index is 0. The Morgan fingerprint density at radius 2 is 1.78 bits per heavy atom. The largest absolute Gasteiger partial charge is 0.489 e. The highest BCUT2D eigenvalue weighted by molar-refractivity contribution is 5.85. The van der Waals surface area contributed by atoms with Crippen LogP contribution in [0.25, 0.3) is 16.9 Å². The van der Waals surface area contributed by atoms with E-state index < -0.39 is 0 Å². The number of ether oxygens (including phenoxy) is 1. The molecule has 0 N–H and O–H groups in total. The third-order valence-electron chi connectivity index (χ3n) is 6.12. The van der Waals surface area contributed by atoms with Crippen molar-refractivity contribution in [2.24, 2.45) is 7.05 Å². The summed E-state index contributed by atoms with van der Waals surface area (Å²) in [5.41, 5.74) is 4.57. The minimum atomic E-state index is -0.158. The van der Waals surface area contributed by atoms with Gasteiger partial charge < -0.3 is 14.2 Å². The smallest absolute Gasteiger partial charge is 0.259 e. The second kappa shape index (κ2) is 9.18. The monoisotopic (exact) mass is 450 g/mol. The van der Waals surface area contributed by atoms with E-state index in [1.807, 2.05) is 42.5 Å². The van der Waals surface area contributed by atoms with Crippen LogP contribution in [0.4, 0.5) is 0 Å². The molecular formula is C25H27ClN4O2. The molecule has 0 radical (unpaired) electrons. The molecule has 7 heteroatoms. The van der Waals surface area contributed by atoms with Gasteiger partial charge in [-0.1, -0.05) is 30.3 Å². The summed E-state index contributed by atoms with van der Waals surface area (Å²) in [5, 5.41) is 1.19. The molecule has 1 aromatic carbocycles. The second-order valence-electron chi connectivity index (χ2n) is 8.17. The fourth-order valence-corrected chi connectivity index (χ4v) is 4.34. The zero-order chi connectivity index (χ0) is 21.4. The number of fused-ring (bicyclic) bond motifs is 3. The molecule has 32 heavy (non-hydrogen) atoms. The van der Waals surface area contributed by atoms with Crippen molar-refractivity contribution >= 4 is 23.4 Å². The van der Waals surface area contributed by atoms with Gasteiger partial charge in [0.2, 0.25) is 0 Å². The van der Waals surface area contributed by atoms with Gasteiger partial charge in [0, 0.05) is 49.9 Å². The second-order valence-corrected chi connectivity index (χ2v) is 8.17. The lowest BCUT2D eigenvalue weighted by molar-refractivity contribution is 0.305. The van der Waals surface area contributed by atoms with Crippen molar-refractivity contribution in [2.45, 2.75) is 19.4 Å². The highest BCUT2D eigenvalue weighted by Gasteiger charge is 2.20. The fourth-order valence-electron chi connectivity index (χ4n) is 4.34. The van der Waals surface area contributed by atoms with Crippen LogP contribution in [0.3, 0.4) is 0 Å². The third-order valence-corrected chi connectivity index (χ3v) is 6.12. The van der Waals surface area contributed by atoms with Gasteiger partial charge in [-0.25, -0.2) is 4.98 Å². The van der Waals surface area contributed by atoms with E-state index in [2.05, 4.69) is 29.6 Å². The maximum Gasteiger partial charge on any atom is 0.259 e. The Morgan fingerprint density at radius 1 is 1.00 bits per heavy atom. The molecule has 3 aromatic heterocycles. The van der Waals surface area contributed by atoms with E-state index in [1.54, 1.807) is 10.8 Å². The molecule has 5 rings (SSSR count). The van der Waals surface area contributed by atoms with Crippen molar-refractivity contribution < 1.29 is 4.74 Å². The van der Waals surface area contributed by atoms with E-state index in [0.29, 0.717) is 18.2 Å². The highest BCUT2D eigenvalue weighted by atomic mass is 35.5. The predicted octanol–water partition coefficient (Wildman–Crippen LogP) is 3.76. The van der Waals surface area contributed by atoms with Crippen LogP contribution in [-0.2, 0) is 26.5 Å². The lowest BCUT2D eigenvalue weighted by Crippen LogP contribution is -2.21. The summed E-state index contributed by atoms with van der Waals surface area (Å²) in [7, 11) is 4.25. The number of hydrogen-bond acceptors (Lipinski definition) is 4. The first-order valence-electron chi connectivity index (χ1n) is 10.7. The maximum absolute atomic E-state index is 12.8. The molecule has 0 unspecified atom stereocenters. The number of rotatable bonds is 4. The van der Waals surface area contributed by atoms with Gasteiger partial charge in [0.05, 0.1) is 0 Å². The van der Waals surface area contributed by atoms with Gasteiger partial charge in [-0.15, -0.1) is 12.4 Å². The molecule has 0 saturated heterocycles. The van der Waals surface area contributed by atoms with E-state index in [0.717, 1.165) is 37.1 Å². The van der Waals surface area contributed by atoms with E-state index in [-0.39, 0.29) is 18.0 Å². The molecule has 0 aliphatic carbocycles. The molecular weight excluding hydrogens is 424 g/mol. The first-order valence-corrected chi connectivity index (χ1v) is 10.7. The van der Waals surface area contributed by atoms with Crippen LogP contribution in [0.1, 0.15) is 16.8 Å². The Labute approximate surface area is 193 Å². The normalized spacial score (nSPS) is 13.9. The predicted molar refractivity (Wildman–Crippen MR) is 129 cm³/mol. The van der Waals surface area contributed by atoms with Crippen LogP contribution >= 0.6 is 12.4 Å². The molecule has 0 amide bonds. The summed E-state index contributed by atoms with van der Waals surface area (Å²) in [4.78, 5) is 20.0. The van der Waals surface area contributed by atoms with Crippen molar-refractivity contribution in [3.8, 4) is 11.6 Å². The van der Waals surface area contributed by atoms with Gasteiger partial charge in [-0.3, -0.25) is 9.36 Å². The molecule has 1 aliphatic heterocycles. The number of pyridine rings is 2. The molecule has 166 valence electrons. The van der Waals surface area contributed by atoms with Crippen LogP contribution in [0, 0.1) is 0 Å². The van der Waals surface area contributed by atoms with Crippen molar-refractivity contribution in [3.63, 3.8) is 0 Å². The SMILES string of the molecule is CN1CCc2c(n(C)c3nc(-n4ccc(OCc5ccccc5)cc4=O)ccc23)CC1.Cl. The first kappa shape index (κ1) is 22.1. The molecule has 4 heterocycles. The number of benzene rings is 1. The summed E-state index contributed by atoms with van der Waals surface area (Å²) in [6.07, 6.45) is 3.78. The number of nitrogens with zero attached hydrogens (tertiary/aromatic N) is 4. The molecule has 0 atom stereocenters. The van der Waals surface area contributed by atoms with Crippen LogP contribution in [0.15, 0.2) is 65.6 Å². The molecule has 0 spiro atoms. The fraction of sp³-hybridized carbons (Fsp3) is 0.280. The van der Waals surface area contributed by atoms with Crippen molar-refractivity contribution in [1.29, 1.82) is 0 Å². The third kappa shape index (κ3) is 4.16. The quantitative estimate of drug-likeness (QED) is 0.475. The van der Waals surface area contributed by atoms with Crippen molar-refractivity contribution in [1.82, 2.24) is 19.0 Å². The van der Waals surface area contributed by atoms with Gasteiger partial charge in [0.25, 0.3) is 5.56 Å². The van der Waals surface area contributed by atoms with Gasteiger partial charge in [-0.05, 0) is 42.8 Å². The Morgan fingerprint density at radius 3 is 2.56 bits per heavy atom. The van der Waals surface area contributed by atoms with Gasteiger partial charge in [0.1, 0.15) is 23.8 Å². The lowest BCUT2D eigenvalue weighted by Gasteiger charge is -2.12. The number of halogens is 1. The van der Waals surface area contributed by atoms with Gasteiger partial charge in [0.15, 0.2) is 0 Å². The summed E-state index contributed by atoms with van der Waals surface area (Å²) < 4.78 is 9.55. The topological polar surface area (TPSA) is 52.3 Å². The Balaban J connectivity index is 0.00000245. The minimum Gasteiger partial charge on any atom is -0.489 e. The van der Waals surface area contributed by atoms with E-state index >= 15 is 0 Å². The summed E-state index contributed by atoms with van der Waals surface area (Å²) >= 11 is 0. The highest BCUT2D eigenvalue weighted by Crippen LogP contribution is 2.28. The molecule has 0 saturated carbocycles. The number of hydrogen-bond donors (Lipinski definition) is 0. The van der Waals surface area contributed by atoms with Gasteiger partial charge >= 0.3 is 0 Å². The Bertz CT molecular complexity index is 1300. The van der Waals surface area contributed by atoms with Crippen LogP contribution in [-0.4, -0.2) is 39.2 Å². The lowest BCUT2D eigenvalue weighted by atomic mass is 10.1. The number of likely N-dealkylation sites (N-methyl/N-ethyl adjacent to an activating group) is 1. The molecule has 4 aromatic rings. The molecule has 1 aliphatic rings. The molecule has 0 bridgehead atoms. The average molecular weight is 451 g/mol. The van der Waals surface area contributed by atoms with Crippen molar-refractivity contribution in [2.75, 3.05) is 20.1 Å². The Kier molecular flexibility index (Phi) is 6.35. The van der Waals surface area contributed by atoms with E-state index in [9.17, 15) is 4.79 Å². The zero-order valence-electron chi connectivity index (χ0n) is 18.3. The molecule has 6 nitrogen and oxygen atoms in total. The van der Waals surface area contributed by atoms with E-state index in [4.69, 9.17) is 9.72 Å².